The van der Waals surface area contributed by atoms with E-state index in [1.165, 1.54) is 0 Å². The van der Waals surface area contributed by atoms with Crippen molar-refractivity contribution < 1.29 is 4.79 Å². The second-order valence-corrected chi connectivity index (χ2v) is 6.61. The molecule has 3 N–H and O–H groups in total. The number of halogens is 1. The number of carbonyl (C=O) groups excluding carboxylic acids is 1. The third kappa shape index (κ3) is 3.63. The van der Waals surface area contributed by atoms with E-state index in [2.05, 4.69) is 36.9 Å². The summed E-state index contributed by atoms with van der Waals surface area (Å²) >= 11 is 8.67. The van der Waals surface area contributed by atoms with Crippen LogP contribution in [0.15, 0.2) is 64.4 Å². The topological polar surface area (TPSA) is 66.0 Å². The predicted molar refractivity (Wildman–Crippen MR) is 101 cm³/mol. The van der Waals surface area contributed by atoms with Crippen LogP contribution in [0, 0.1) is 0 Å². The third-order valence-corrected chi connectivity index (χ3v) is 4.37. The van der Waals surface area contributed by atoms with Crippen molar-refractivity contribution in [3.05, 3.63) is 70.0 Å². The summed E-state index contributed by atoms with van der Waals surface area (Å²) in [6.45, 7) is 1.84. The van der Waals surface area contributed by atoms with E-state index in [9.17, 15) is 4.79 Å². The average molecular weight is 403 g/mol. The predicted octanol–water partition coefficient (Wildman–Crippen LogP) is 3.28. The number of pyridine rings is 1. The lowest BCUT2D eigenvalue weighted by Crippen LogP contribution is -2.45. The molecule has 122 valence electrons. The molecule has 0 radical (unpaired) electrons. The van der Waals surface area contributed by atoms with Crippen LogP contribution in [0.25, 0.3) is 0 Å². The standard InChI is InChI=1S/C17H15BrN4OS/c1-10-14(16(23)21-13-4-2-3-9-19-13)15(22-17(24)20-10)11-5-7-12(18)8-6-11/h2-9,15H,1H3,(H,19,21,23)(H2,20,22,24)/t15-/m1/s1. The van der Waals surface area contributed by atoms with Gasteiger partial charge in [0.15, 0.2) is 5.11 Å². The second kappa shape index (κ2) is 7.11. The van der Waals surface area contributed by atoms with Crippen LogP contribution in [-0.4, -0.2) is 16.0 Å². The Morgan fingerprint density at radius 2 is 2.00 bits per heavy atom. The fourth-order valence-corrected chi connectivity index (χ4v) is 3.06. The highest BCUT2D eigenvalue weighted by Crippen LogP contribution is 2.28. The van der Waals surface area contributed by atoms with Crippen LogP contribution in [0.1, 0.15) is 18.5 Å². The molecule has 1 aliphatic heterocycles. The summed E-state index contributed by atoms with van der Waals surface area (Å²) in [5.74, 6) is 0.284. The third-order valence-electron chi connectivity index (χ3n) is 3.62. The Morgan fingerprint density at radius 3 is 2.67 bits per heavy atom. The average Bonchev–Trinajstić information content (AvgIpc) is 2.55. The van der Waals surface area contributed by atoms with Crippen LogP contribution in [0.2, 0.25) is 0 Å². The van der Waals surface area contributed by atoms with Crippen molar-refractivity contribution in [1.82, 2.24) is 15.6 Å². The van der Waals surface area contributed by atoms with Crippen LogP contribution < -0.4 is 16.0 Å². The number of thiocarbonyl (C=S) groups is 1. The van der Waals surface area contributed by atoms with Crippen molar-refractivity contribution in [2.45, 2.75) is 13.0 Å². The number of rotatable bonds is 3. The number of hydrogen-bond acceptors (Lipinski definition) is 3. The van der Waals surface area contributed by atoms with E-state index in [0.29, 0.717) is 16.5 Å². The molecule has 0 spiro atoms. The largest absolute Gasteiger partial charge is 0.351 e. The minimum Gasteiger partial charge on any atom is -0.351 e. The molecule has 24 heavy (non-hydrogen) atoms. The number of aromatic nitrogens is 1. The number of anilines is 1. The molecule has 0 saturated heterocycles. The zero-order valence-electron chi connectivity index (χ0n) is 12.8. The van der Waals surface area contributed by atoms with Gasteiger partial charge in [0.1, 0.15) is 5.82 Å². The van der Waals surface area contributed by atoms with Crippen LogP contribution >= 0.6 is 28.1 Å². The van der Waals surface area contributed by atoms with Crippen molar-refractivity contribution in [3.8, 4) is 0 Å². The van der Waals surface area contributed by atoms with Gasteiger partial charge in [0.05, 0.1) is 11.6 Å². The molecule has 0 aliphatic carbocycles. The van der Waals surface area contributed by atoms with Crippen molar-refractivity contribution in [2.75, 3.05) is 5.32 Å². The quantitative estimate of drug-likeness (QED) is 0.687. The first-order valence-corrected chi connectivity index (χ1v) is 8.51. The van der Waals surface area contributed by atoms with Crippen molar-refractivity contribution >= 4 is 45.0 Å². The summed E-state index contributed by atoms with van der Waals surface area (Å²) in [6, 6.07) is 12.8. The SMILES string of the molecule is CC1=C(C(=O)Nc2ccccn2)[C@@H](c2ccc(Br)cc2)NC(=S)N1. The first-order chi connectivity index (χ1) is 11.5. The van der Waals surface area contributed by atoms with Gasteiger partial charge in [-0.05, 0) is 49.0 Å². The monoisotopic (exact) mass is 402 g/mol. The van der Waals surface area contributed by atoms with Gasteiger partial charge in [-0.3, -0.25) is 4.79 Å². The summed E-state index contributed by atoms with van der Waals surface area (Å²) in [4.78, 5) is 16.9. The number of allylic oxidation sites excluding steroid dienone is 1. The molecule has 0 bridgehead atoms. The van der Waals surface area contributed by atoms with Crippen molar-refractivity contribution in [3.63, 3.8) is 0 Å². The number of amides is 1. The van der Waals surface area contributed by atoms with Crippen molar-refractivity contribution in [1.29, 1.82) is 0 Å². The second-order valence-electron chi connectivity index (χ2n) is 5.29. The Kier molecular flexibility index (Phi) is 4.92. The lowest BCUT2D eigenvalue weighted by molar-refractivity contribution is -0.113. The maximum Gasteiger partial charge on any atom is 0.256 e. The van der Waals surface area contributed by atoms with E-state index < -0.39 is 0 Å². The summed E-state index contributed by atoms with van der Waals surface area (Å²) in [7, 11) is 0. The van der Waals surface area contributed by atoms with Crippen LogP contribution in [0.3, 0.4) is 0 Å². The van der Waals surface area contributed by atoms with Crippen LogP contribution in [0.4, 0.5) is 5.82 Å². The highest BCUT2D eigenvalue weighted by Gasteiger charge is 2.29. The van der Waals surface area contributed by atoms with Gasteiger partial charge in [-0.1, -0.05) is 34.1 Å². The normalized spacial score (nSPS) is 17.1. The van der Waals surface area contributed by atoms with Gasteiger partial charge in [0.25, 0.3) is 5.91 Å². The van der Waals surface area contributed by atoms with Gasteiger partial charge in [0, 0.05) is 16.4 Å². The lowest BCUT2D eigenvalue weighted by atomic mass is 9.95. The molecule has 0 fully saturated rings. The number of carbonyl (C=O) groups is 1. The van der Waals surface area contributed by atoms with E-state index in [0.717, 1.165) is 15.7 Å². The zero-order chi connectivity index (χ0) is 17.1. The molecule has 1 aromatic heterocycles. The Balaban J connectivity index is 1.94. The van der Waals surface area contributed by atoms with E-state index in [1.54, 1.807) is 18.3 Å². The van der Waals surface area contributed by atoms with Gasteiger partial charge in [-0.15, -0.1) is 0 Å². The van der Waals surface area contributed by atoms with Gasteiger partial charge < -0.3 is 16.0 Å². The molecule has 2 heterocycles. The van der Waals surface area contributed by atoms with Crippen LogP contribution in [0.5, 0.6) is 0 Å². The minimum atomic E-state index is -0.324. The summed E-state index contributed by atoms with van der Waals surface area (Å²) < 4.78 is 0.975. The fourth-order valence-electron chi connectivity index (χ4n) is 2.52. The minimum absolute atomic E-state index is 0.221. The molecule has 0 unspecified atom stereocenters. The van der Waals surface area contributed by atoms with E-state index in [-0.39, 0.29) is 11.9 Å². The molecule has 5 nitrogen and oxygen atoms in total. The van der Waals surface area contributed by atoms with Crippen molar-refractivity contribution in [2.24, 2.45) is 0 Å². The maximum absolute atomic E-state index is 12.8. The zero-order valence-corrected chi connectivity index (χ0v) is 15.2. The first kappa shape index (κ1) is 16.6. The van der Waals surface area contributed by atoms with E-state index >= 15 is 0 Å². The Labute approximate surface area is 153 Å². The summed E-state index contributed by atoms with van der Waals surface area (Å²) in [5.41, 5.74) is 2.25. The smallest absolute Gasteiger partial charge is 0.256 e. The number of nitrogens with zero attached hydrogens (tertiary/aromatic N) is 1. The van der Waals surface area contributed by atoms with E-state index in [4.69, 9.17) is 12.2 Å². The highest BCUT2D eigenvalue weighted by atomic mass is 79.9. The fraction of sp³-hybridized carbons (Fsp3) is 0.118. The molecule has 1 amide bonds. The molecule has 0 saturated carbocycles. The number of hydrogen-bond donors (Lipinski definition) is 3. The molecule has 1 aromatic carbocycles. The Hall–Kier alpha value is -2.25. The van der Waals surface area contributed by atoms with Gasteiger partial charge in [-0.25, -0.2) is 4.98 Å². The molecule has 3 rings (SSSR count). The van der Waals surface area contributed by atoms with E-state index in [1.807, 2.05) is 37.3 Å². The number of benzene rings is 1. The first-order valence-electron chi connectivity index (χ1n) is 7.31. The summed E-state index contributed by atoms with van der Waals surface area (Å²) in [5, 5.41) is 9.50. The van der Waals surface area contributed by atoms with Gasteiger partial charge in [0.2, 0.25) is 0 Å². The Bertz CT molecular complexity index is 805. The van der Waals surface area contributed by atoms with Gasteiger partial charge in [-0.2, -0.15) is 0 Å². The molecular formula is C17H15BrN4OS. The van der Waals surface area contributed by atoms with Gasteiger partial charge >= 0.3 is 0 Å². The molecule has 1 atom stereocenters. The molecule has 7 heteroatoms. The lowest BCUT2D eigenvalue weighted by Gasteiger charge is -2.30. The summed E-state index contributed by atoms with van der Waals surface area (Å²) in [6.07, 6.45) is 1.63. The molecular weight excluding hydrogens is 388 g/mol. The highest BCUT2D eigenvalue weighted by molar-refractivity contribution is 9.10. The number of nitrogens with one attached hydrogen (secondary N) is 3. The van der Waals surface area contributed by atoms with Crippen LogP contribution in [-0.2, 0) is 4.79 Å². The maximum atomic E-state index is 12.8. The Morgan fingerprint density at radius 1 is 1.25 bits per heavy atom. The molecule has 2 aromatic rings. The molecule has 1 aliphatic rings.